The minimum absolute atomic E-state index is 0.0715. The number of thiophene rings is 2. The molecule has 75 heavy (non-hydrogen) atoms. The van der Waals surface area contributed by atoms with Gasteiger partial charge in [0.05, 0.1) is 34.4 Å². The molecule has 3 aliphatic heterocycles. The number of nitrogens with zero attached hydrogens (tertiary/aromatic N) is 3. The van der Waals surface area contributed by atoms with Crippen LogP contribution in [0.1, 0.15) is 175 Å². The van der Waals surface area contributed by atoms with Crippen molar-refractivity contribution in [1.29, 1.82) is 0 Å². The standard InChI is InChI=1S/C15H19N.C15H18O.C13H20O.C12H14FNS.C12H15NS/c1-11-6-7-14-12(2)16(15(3,4)5)9-8-13(14)10-11;1-15(2,3)14-9-12-7-5-4-6-11(12)8-13(14)10-16;1-9-6-11(8-14)12(7-10(9)2)13(3,4)5;1-8-11-9(5-6-15-11)10(13)7-14(8)12(2,3)4;1-9-11-10(6-8-14-11)5-7-13(9)12(2,3)4/h6-10H,2H2,1,3-5H3;4-9,16H,10H2,1-3H3;6-7,14H,8H2,1-5H3;5-7H,1H2,2-4H3;5-8H,1H2,2-4H3. The number of rotatable bonds is 2. The summed E-state index contributed by atoms with van der Waals surface area (Å²) in [6, 6.07) is 27.3. The average molecular weight is 1050 g/mol. The van der Waals surface area contributed by atoms with Gasteiger partial charge in [-0.05, 0) is 190 Å². The molecule has 0 unspecified atom stereocenters. The first-order chi connectivity index (χ1) is 34.7. The highest BCUT2D eigenvalue weighted by Gasteiger charge is 2.30. The zero-order valence-corrected chi connectivity index (χ0v) is 50.1. The quantitative estimate of drug-likeness (QED) is 0.181. The molecule has 9 rings (SSSR count). The molecule has 2 N–H and O–H groups in total. The molecule has 0 bridgehead atoms. The molecule has 0 atom stereocenters. The van der Waals surface area contributed by atoms with Crippen molar-refractivity contribution in [2.75, 3.05) is 0 Å². The van der Waals surface area contributed by atoms with Gasteiger partial charge in [-0.25, -0.2) is 4.39 Å². The van der Waals surface area contributed by atoms with Crippen LogP contribution >= 0.6 is 22.7 Å². The molecule has 0 saturated carbocycles. The smallest absolute Gasteiger partial charge is 0.148 e. The van der Waals surface area contributed by atoms with E-state index < -0.39 is 0 Å². The van der Waals surface area contributed by atoms with E-state index in [9.17, 15) is 14.6 Å². The Labute approximate surface area is 459 Å². The first kappa shape index (κ1) is 60.1. The molecule has 0 radical (unpaired) electrons. The van der Waals surface area contributed by atoms with Gasteiger partial charge in [0, 0.05) is 52.0 Å². The maximum absolute atomic E-state index is 13.7. The number of benzene rings is 4. The summed E-state index contributed by atoms with van der Waals surface area (Å²) in [5, 5.41) is 25.2. The molecular formula is C67H86FN3O2S2. The van der Waals surface area contributed by atoms with Crippen molar-refractivity contribution in [3.63, 3.8) is 0 Å². The van der Waals surface area contributed by atoms with Crippen LogP contribution in [0.25, 0.3) is 45.8 Å². The van der Waals surface area contributed by atoms with E-state index in [1.54, 1.807) is 17.4 Å². The van der Waals surface area contributed by atoms with Gasteiger partial charge < -0.3 is 24.9 Å². The van der Waals surface area contributed by atoms with E-state index in [0.717, 1.165) is 33.1 Å². The van der Waals surface area contributed by atoms with Crippen LogP contribution < -0.4 is 0 Å². The summed E-state index contributed by atoms with van der Waals surface area (Å²) in [6.45, 7) is 51.3. The molecule has 3 aliphatic rings. The van der Waals surface area contributed by atoms with E-state index in [1.165, 1.54) is 77.7 Å². The molecule has 8 heteroatoms. The van der Waals surface area contributed by atoms with Gasteiger partial charge in [0.15, 0.2) is 0 Å². The van der Waals surface area contributed by atoms with Crippen molar-refractivity contribution >= 4 is 68.5 Å². The summed E-state index contributed by atoms with van der Waals surface area (Å²) < 4.78 is 13.7. The molecule has 0 saturated heterocycles. The third-order valence-corrected chi connectivity index (χ3v) is 15.3. The zero-order chi connectivity index (χ0) is 56.2. The number of aliphatic hydroxyl groups is 2. The van der Waals surface area contributed by atoms with E-state index in [4.69, 9.17) is 0 Å². The number of fused-ring (bicyclic) bond motifs is 4. The van der Waals surface area contributed by atoms with Crippen molar-refractivity contribution in [1.82, 2.24) is 14.7 Å². The lowest BCUT2D eigenvalue weighted by Gasteiger charge is -2.38. The number of halogens is 1. The molecule has 0 fully saturated rings. The van der Waals surface area contributed by atoms with Gasteiger partial charge in [0.25, 0.3) is 0 Å². The Kier molecular flexibility index (Phi) is 18.9. The summed E-state index contributed by atoms with van der Waals surface area (Å²) in [5.41, 5.74) is 16.2. The SMILES string of the molecule is C=C1c2ccc(C)cc2C=CN1C(C)(C)C.C=C1c2sccc2C(F)=CN1C(C)(C)C.C=C1c2sccc2C=CN1C(C)(C)C.CC(C)(C)c1cc2ccccc2cc1CO.Cc1cc(CO)c(C(C)(C)C)cc1C. The Morgan fingerprint density at radius 2 is 0.960 bits per heavy atom. The van der Waals surface area contributed by atoms with Crippen LogP contribution in [-0.4, -0.2) is 41.5 Å². The minimum Gasteiger partial charge on any atom is -0.392 e. The lowest BCUT2D eigenvalue weighted by molar-refractivity contribution is 0.278. The average Bonchev–Trinajstić information content (AvgIpc) is 4.02. The van der Waals surface area contributed by atoms with Crippen LogP contribution in [0.3, 0.4) is 0 Å². The van der Waals surface area contributed by atoms with Crippen LogP contribution in [0.15, 0.2) is 128 Å². The number of aryl methyl sites for hydroxylation is 3. The fraction of sp³-hybridized carbons (Fsp3) is 0.373. The molecule has 0 aliphatic carbocycles. The monoisotopic (exact) mass is 1050 g/mol. The first-order valence-corrected chi connectivity index (χ1v) is 27.7. The molecule has 2 aromatic heterocycles. The largest absolute Gasteiger partial charge is 0.392 e. The van der Waals surface area contributed by atoms with Crippen LogP contribution in [0.4, 0.5) is 4.39 Å². The molecular weight excluding hydrogens is 962 g/mol. The number of aliphatic hydroxyl groups excluding tert-OH is 2. The fourth-order valence-electron chi connectivity index (χ4n) is 9.26. The van der Waals surface area contributed by atoms with Gasteiger partial charge >= 0.3 is 0 Å². The zero-order valence-electron chi connectivity index (χ0n) is 48.5. The van der Waals surface area contributed by atoms with Crippen LogP contribution in [-0.2, 0) is 24.0 Å². The van der Waals surface area contributed by atoms with Crippen molar-refractivity contribution in [3.8, 4) is 0 Å². The van der Waals surface area contributed by atoms with Crippen LogP contribution in [0, 0.1) is 20.8 Å². The highest BCUT2D eigenvalue weighted by Crippen LogP contribution is 2.41. The van der Waals surface area contributed by atoms with E-state index >= 15 is 0 Å². The van der Waals surface area contributed by atoms with Crippen LogP contribution in [0.2, 0.25) is 0 Å². The van der Waals surface area contributed by atoms with Gasteiger partial charge in [-0.2, -0.15) is 0 Å². The maximum Gasteiger partial charge on any atom is 0.148 e. The second-order valence-corrected chi connectivity index (χ2v) is 26.6. The van der Waals surface area contributed by atoms with Crippen molar-refractivity contribution in [3.05, 3.63) is 199 Å². The molecule has 400 valence electrons. The molecule has 6 aromatic rings. The van der Waals surface area contributed by atoms with E-state index in [1.807, 2.05) is 43.2 Å². The lowest BCUT2D eigenvalue weighted by Crippen LogP contribution is -2.36. The Morgan fingerprint density at radius 3 is 1.51 bits per heavy atom. The third-order valence-electron chi connectivity index (χ3n) is 13.4. The van der Waals surface area contributed by atoms with Crippen LogP contribution in [0.5, 0.6) is 0 Å². The molecule has 0 spiro atoms. The second kappa shape index (κ2) is 23.6. The summed E-state index contributed by atoms with van der Waals surface area (Å²) in [5.74, 6) is -0.173. The normalized spacial score (nSPS) is 14.3. The highest BCUT2D eigenvalue weighted by molar-refractivity contribution is 7.11. The summed E-state index contributed by atoms with van der Waals surface area (Å²) in [4.78, 5) is 8.57. The van der Waals surface area contributed by atoms with Crippen molar-refractivity contribution in [2.24, 2.45) is 0 Å². The summed E-state index contributed by atoms with van der Waals surface area (Å²) in [7, 11) is 0. The van der Waals surface area contributed by atoms with E-state index in [-0.39, 0.29) is 46.5 Å². The molecule has 4 aromatic carbocycles. The Bertz CT molecular complexity index is 3110. The van der Waals surface area contributed by atoms with Gasteiger partial charge in [0.1, 0.15) is 5.83 Å². The van der Waals surface area contributed by atoms with Crippen molar-refractivity contribution in [2.45, 2.75) is 165 Å². The summed E-state index contributed by atoms with van der Waals surface area (Å²) in [6.07, 6.45) is 10.1. The lowest BCUT2D eigenvalue weighted by atomic mass is 9.82. The van der Waals surface area contributed by atoms with Gasteiger partial charge in [0.2, 0.25) is 0 Å². The van der Waals surface area contributed by atoms with Crippen molar-refractivity contribution < 1.29 is 14.6 Å². The minimum atomic E-state index is -0.173. The predicted molar refractivity (Wildman–Crippen MR) is 328 cm³/mol. The molecule has 0 amide bonds. The number of hydrogen-bond donors (Lipinski definition) is 2. The van der Waals surface area contributed by atoms with E-state index in [2.05, 4.69) is 224 Å². The molecule has 5 nitrogen and oxygen atoms in total. The Hall–Kier alpha value is -5.77. The molecule has 5 heterocycles. The van der Waals surface area contributed by atoms with Gasteiger partial charge in [-0.1, -0.05) is 128 Å². The third kappa shape index (κ3) is 14.8. The Balaban J connectivity index is 0.000000174. The van der Waals surface area contributed by atoms with Gasteiger partial charge in [-0.3, -0.25) is 0 Å². The summed E-state index contributed by atoms with van der Waals surface area (Å²) >= 11 is 3.30. The number of hydrogen-bond acceptors (Lipinski definition) is 7. The second-order valence-electron chi connectivity index (χ2n) is 24.8. The Morgan fingerprint density at radius 1 is 0.493 bits per heavy atom. The topological polar surface area (TPSA) is 50.2 Å². The first-order valence-electron chi connectivity index (χ1n) is 26.0. The predicted octanol–water partition coefficient (Wildman–Crippen LogP) is 18.7. The van der Waals surface area contributed by atoms with E-state index in [0.29, 0.717) is 5.56 Å². The van der Waals surface area contributed by atoms with Gasteiger partial charge in [-0.15, -0.1) is 22.7 Å². The maximum atomic E-state index is 13.7. The highest BCUT2D eigenvalue weighted by atomic mass is 32.1. The fourth-order valence-corrected chi connectivity index (χ4v) is 11.0.